The Hall–Kier alpha value is -2.37. The minimum atomic E-state index is -0.405. The molecule has 0 unspecified atom stereocenters. The molecular formula is C28H34N2O3. The number of aromatic nitrogens is 2. The molecule has 2 aromatic heterocycles. The maximum Gasteiger partial charge on any atom is 0.119 e. The van der Waals surface area contributed by atoms with Gasteiger partial charge in [-0.2, -0.15) is 0 Å². The molecule has 5 nitrogen and oxygen atoms in total. The Morgan fingerprint density at radius 2 is 1.64 bits per heavy atom. The van der Waals surface area contributed by atoms with Crippen LogP contribution in [-0.4, -0.2) is 33.8 Å². The third kappa shape index (κ3) is 4.41. The van der Waals surface area contributed by atoms with Crippen LogP contribution in [-0.2, 0) is 4.74 Å². The summed E-state index contributed by atoms with van der Waals surface area (Å²) in [4.78, 5) is 4.34. The van der Waals surface area contributed by atoms with Crippen molar-refractivity contribution in [2.75, 3.05) is 13.2 Å². The van der Waals surface area contributed by atoms with E-state index in [9.17, 15) is 5.11 Å². The number of aliphatic hydroxyl groups is 1. The predicted molar refractivity (Wildman–Crippen MR) is 128 cm³/mol. The second kappa shape index (κ2) is 9.11. The smallest absolute Gasteiger partial charge is 0.119 e. The van der Waals surface area contributed by atoms with Crippen LogP contribution >= 0.6 is 0 Å². The molecule has 1 atom stereocenters. The number of rotatable bonds is 6. The highest BCUT2D eigenvalue weighted by Gasteiger charge is 2.34. The first kappa shape index (κ1) is 21.2. The van der Waals surface area contributed by atoms with E-state index < -0.39 is 6.10 Å². The molecular weight excluding hydrogens is 412 g/mol. The highest BCUT2D eigenvalue weighted by atomic mass is 16.5. The molecule has 3 heterocycles. The van der Waals surface area contributed by atoms with Gasteiger partial charge in [0.05, 0.1) is 37.4 Å². The van der Waals surface area contributed by atoms with Crippen LogP contribution in [0, 0.1) is 5.92 Å². The summed E-state index contributed by atoms with van der Waals surface area (Å²) in [6.45, 7) is 1.60. The Bertz CT molecular complexity index is 1070. The fraction of sp³-hybridized carbons (Fsp3) is 0.536. The normalized spacial score (nSPS) is 25.2. The maximum atomic E-state index is 11.5. The monoisotopic (exact) mass is 446 g/mol. The number of ether oxygens (including phenoxy) is 2. The first-order valence-electron chi connectivity index (χ1n) is 12.7. The summed E-state index contributed by atoms with van der Waals surface area (Å²) in [6.07, 6.45) is 14.5. The minimum Gasteiger partial charge on any atom is -0.490 e. The van der Waals surface area contributed by atoms with Crippen LogP contribution in [0.5, 0.6) is 5.75 Å². The molecule has 174 valence electrons. The lowest BCUT2D eigenvalue weighted by Gasteiger charge is -2.33. The van der Waals surface area contributed by atoms with Crippen LogP contribution in [0.1, 0.15) is 86.0 Å². The lowest BCUT2D eigenvalue weighted by Crippen LogP contribution is -2.25. The minimum absolute atomic E-state index is 0.280. The van der Waals surface area contributed by atoms with Gasteiger partial charge in [0.25, 0.3) is 0 Å². The van der Waals surface area contributed by atoms with E-state index in [4.69, 9.17) is 9.47 Å². The summed E-state index contributed by atoms with van der Waals surface area (Å²) < 4.78 is 13.6. The molecule has 0 bridgehead atoms. The Kier molecular flexibility index (Phi) is 5.85. The third-order valence-electron chi connectivity index (χ3n) is 8.02. The van der Waals surface area contributed by atoms with Crippen LogP contribution in [0.3, 0.4) is 0 Å². The van der Waals surface area contributed by atoms with Crippen molar-refractivity contribution in [3.63, 3.8) is 0 Å². The summed E-state index contributed by atoms with van der Waals surface area (Å²) in [7, 11) is 0. The molecule has 0 amide bonds. The number of imidazole rings is 1. The van der Waals surface area contributed by atoms with E-state index in [1.807, 2.05) is 12.5 Å². The van der Waals surface area contributed by atoms with Gasteiger partial charge >= 0.3 is 0 Å². The highest BCUT2D eigenvalue weighted by molar-refractivity contribution is 5.59. The number of hydrogen-bond acceptors (Lipinski definition) is 4. The molecule has 6 rings (SSSR count). The van der Waals surface area contributed by atoms with Crippen molar-refractivity contribution in [3.8, 4) is 5.75 Å². The topological polar surface area (TPSA) is 56.0 Å². The van der Waals surface area contributed by atoms with Gasteiger partial charge in [-0.15, -0.1) is 0 Å². The van der Waals surface area contributed by atoms with Gasteiger partial charge in [0, 0.05) is 24.6 Å². The van der Waals surface area contributed by atoms with Crippen LogP contribution < -0.4 is 4.74 Å². The van der Waals surface area contributed by atoms with E-state index in [-0.39, 0.29) is 6.10 Å². The van der Waals surface area contributed by atoms with E-state index in [1.54, 1.807) is 0 Å². The van der Waals surface area contributed by atoms with Crippen LogP contribution in [0.4, 0.5) is 0 Å². The Labute approximate surface area is 195 Å². The summed E-state index contributed by atoms with van der Waals surface area (Å²) in [5.74, 6) is 2.47. The molecule has 3 aliphatic rings. The third-order valence-corrected chi connectivity index (χ3v) is 8.02. The van der Waals surface area contributed by atoms with Crippen LogP contribution in [0.15, 0.2) is 49.1 Å². The molecule has 33 heavy (non-hydrogen) atoms. The van der Waals surface area contributed by atoms with E-state index in [1.165, 1.54) is 24.0 Å². The van der Waals surface area contributed by atoms with E-state index in [0.717, 1.165) is 68.6 Å². The molecule has 1 aliphatic heterocycles. The maximum absolute atomic E-state index is 11.5. The van der Waals surface area contributed by atoms with Gasteiger partial charge in [-0.25, -0.2) is 4.98 Å². The van der Waals surface area contributed by atoms with Gasteiger partial charge in [0.15, 0.2) is 0 Å². The van der Waals surface area contributed by atoms with Gasteiger partial charge in [-0.05, 0) is 85.6 Å². The molecule has 1 aromatic carbocycles. The lowest BCUT2D eigenvalue weighted by molar-refractivity contribution is 0.0255. The largest absolute Gasteiger partial charge is 0.490 e. The molecule has 1 saturated heterocycles. The van der Waals surface area contributed by atoms with E-state index in [0.29, 0.717) is 17.8 Å². The zero-order valence-corrected chi connectivity index (χ0v) is 19.2. The Morgan fingerprint density at radius 1 is 0.909 bits per heavy atom. The predicted octanol–water partition coefficient (Wildman–Crippen LogP) is 5.78. The SMILES string of the molecule is O[C@H](c1c(C2CC2)ccn2cncc12)[C@H]1CC[C@H](c2ccc(OC3CCOCC3)cc2)CC1. The quantitative estimate of drug-likeness (QED) is 0.522. The molecule has 0 radical (unpaired) electrons. The second-order valence-corrected chi connectivity index (χ2v) is 10.2. The molecule has 2 saturated carbocycles. The lowest BCUT2D eigenvalue weighted by atomic mass is 9.75. The first-order valence-corrected chi connectivity index (χ1v) is 12.7. The molecule has 3 fully saturated rings. The van der Waals surface area contributed by atoms with Gasteiger partial charge < -0.3 is 19.0 Å². The fourth-order valence-electron chi connectivity index (χ4n) is 5.91. The van der Waals surface area contributed by atoms with Crippen molar-refractivity contribution in [1.29, 1.82) is 0 Å². The summed E-state index contributed by atoms with van der Waals surface area (Å²) in [5, 5.41) is 11.5. The Morgan fingerprint density at radius 3 is 2.36 bits per heavy atom. The van der Waals surface area contributed by atoms with Crippen molar-refractivity contribution in [3.05, 3.63) is 65.7 Å². The number of fused-ring (bicyclic) bond motifs is 1. The van der Waals surface area contributed by atoms with Gasteiger partial charge in [-0.1, -0.05) is 12.1 Å². The number of pyridine rings is 1. The number of benzene rings is 1. The van der Waals surface area contributed by atoms with Gasteiger partial charge in [0.2, 0.25) is 0 Å². The average Bonchev–Trinajstić information content (AvgIpc) is 3.60. The van der Waals surface area contributed by atoms with Crippen molar-refractivity contribution in [2.24, 2.45) is 5.92 Å². The molecule has 2 aliphatic carbocycles. The van der Waals surface area contributed by atoms with Crippen LogP contribution in [0.2, 0.25) is 0 Å². The van der Waals surface area contributed by atoms with Crippen LogP contribution in [0.25, 0.3) is 5.52 Å². The standard InChI is InChI=1S/C28H34N2O3/c31-28(27-25(21-3-4-21)11-14-30-18-29-17-26(27)30)22-5-1-19(2-6-22)20-7-9-23(10-8-20)33-24-12-15-32-16-13-24/h7-11,14,17-19,21-22,24,28,31H,1-6,12-13,15-16H2/t19-,22-,28-/m0/s1. The second-order valence-electron chi connectivity index (χ2n) is 10.2. The van der Waals surface area contributed by atoms with Gasteiger partial charge in [0.1, 0.15) is 11.9 Å². The summed E-state index contributed by atoms with van der Waals surface area (Å²) in [5.41, 5.74) is 4.96. The summed E-state index contributed by atoms with van der Waals surface area (Å²) >= 11 is 0. The number of nitrogens with zero attached hydrogens (tertiary/aromatic N) is 2. The number of aliphatic hydroxyl groups excluding tert-OH is 1. The van der Waals surface area contributed by atoms with Crippen molar-refractivity contribution < 1.29 is 14.6 Å². The molecule has 0 spiro atoms. The number of hydrogen-bond donors (Lipinski definition) is 1. The zero-order valence-electron chi connectivity index (χ0n) is 19.2. The fourth-order valence-corrected chi connectivity index (χ4v) is 5.91. The molecule has 5 heteroatoms. The van der Waals surface area contributed by atoms with E-state index >= 15 is 0 Å². The van der Waals surface area contributed by atoms with Gasteiger partial charge in [-0.3, -0.25) is 0 Å². The highest BCUT2D eigenvalue weighted by Crippen LogP contribution is 2.48. The average molecular weight is 447 g/mol. The summed E-state index contributed by atoms with van der Waals surface area (Å²) in [6, 6.07) is 11.0. The van der Waals surface area contributed by atoms with Crippen molar-refractivity contribution in [1.82, 2.24) is 9.38 Å². The van der Waals surface area contributed by atoms with Crippen molar-refractivity contribution >= 4 is 5.52 Å². The van der Waals surface area contributed by atoms with E-state index in [2.05, 4.69) is 45.9 Å². The molecule has 3 aromatic rings. The Balaban J connectivity index is 1.11. The van der Waals surface area contributed by atoms with Crippen molar-refractivity contribution in [2.45, 2.75) is 75.4 Å². The first-order chi connectivity index (χ1) is 16.3. The molecule has 1 N–H and O–H groups in total. The zero-order chi connectivity index (χ0) is 22.2.